The van der Waals surface area contributed by atoms with Crippen LogP contribution in [0.5, 0.6) is 0 Å². The minimum Gasteiger partial charge on any atom is -0.399 e. The number of urea groups is 1. The molecule has 3 amide bonds. The number of rotatable bonds is 4. The van der Waals surface area contributed by atoms with Crippen molar-refractivity contribution in [1.29, 1.82) is 0 Å². The van der Waals surface area contributed by atoms with Crippen molar-refractivity contribution in [1.82, 2.24) is 10.2 Å². The largest absolute Gasteiger partial charge is 0.399 e. The Hall–Kier alpha value is -2.24. The lowest BCUT2D eigenvalue weighted by atomic mass is 10.3. The summed E-state index contributed by atoms with van der Waals surface area (Å²) >= 11 is 0. The lowest BCUT2D eigenvalue weighted by Gasteiger charge is -2.11. The van der Waals surface area contributed by atoms with Gasteiger partial charge in [0.2, 0.25) is 5.91 Å². The van der Waals surface area contributed by atoms with Gasteiger partial charge in [0.1, 0.15) is 0 Å². The zero-order valence-corrected chi connectivity index (χ0v) is 10.6. The molecule has 0 spiro atoms. The maximum atomic E-state index is 11.5. The van der Waals surface area contributed by atoms with Gasteiger partial charge in [-0.15, -0.1) is 0 Å². The van der Waals surface area contributed by atoms with Gasteiger partial charge in [-0.3, -0.25) is 4.79 Å². The Morgan fingerprint density at radius 2 is 1.83 bits per heavy atom. The zero-order valence-electron chi connectivity index (χ0n) is 10.6. The second-order valence-corrected chi connectivity index (χ2v) is 4.04. The fourth-order valence-corrected chi connectivity index (χ4v) is 1.25. The van der Waals surface area contributed by atoms with Gasteiger partial charge in [-0.25, -0.2) is 4.79 Å². The molecule has 1 rings (SSSR count). The van der Waals surface area contributed by atoms with Gasteiger partial charge in [0, 0.05) is 38.4 Å². The standard InChI is InChI=1S/C12H18N4O2/c1-16(2)11(17)7-8-14-12(18)15-10-5-3-9(13)4-6-10/h3-6H,7-8,13H2,1-2H3,(H2,14,15,18). The Balaban J connectivity index is 2.30. The van der Waals surface area contributed by atoms with E-state index in [2.05, 4.69) is 10.6 Å². The van der Waals surface area contributed by atoms with Crippen LogP contribution in [0.25, 0.3) is 0 Å². The van der Waals surface area contributed by atoms with Crippen LogP contribution < -0.4 is 16.4 Å². The first kappa shape index (κ1) is 13.8. The Bertz CT molecular complexity index is 415. The molecule has 0 saturated carbocycles. The van der Waals surface area contributed by atoms with Crippen LogP contribution in [0.1, 0.15) is 6.42 Å². The van der Waals surface area contributed by atoms with E-state index in [9.17, 15) is 9.59 Å². The maximum absolute atomic E-state index is 11.5. The molecule has 0 heterocycles. The first-order valence-corrected chi connectivity index (χ1v) is 5.59. The molecule has 6 nitrogen and oxygen atoms in total. The number of nitrogens with zero attached hydrogens (tertiary/aromatic N) is 1. The molecule has 6 heteroatoms. The summed E-state index contributed by atoms with van der Waals surface area (Å²) in [6.07, 6.45) is 0.280. The number of hydrogen-bond donors (Lipinski definition) is 3. The van der Waals surface area contributed by atoms with Crippen LogP contribution in [-0.4, -0.2) is 37.5 Å². The van der Waals surface area contributed by atoms with Gasteiger partial charge in [-0.2, -0.15) is 0 Å². The first-order chi connectivity index (χ1) is 8.49. The summed E-state index contributed by atoms with van der Waals surface area (Å²) in [5.41, 5.74) is 6.82. The topological polar surface area (TPSA) is 87.5 Å². The molecular formula is C12H18N4O2. The van der Waals surface area contributed by atoms with Crippen molar-refractivity contribution in [3.05, 3.63) is 24.3 Å². The SMILES string of the molecule is CN(C)C(=O)CCNC(=O)Nc1ccc(N)cc1. The zero-order chi connectivity index (χ0) is 13.5. The molecule has 1 aromatic rings. The van der Waals surface area contributed by atoms with Gasteiger partial charge in [-0.05, 0) is 24.3 Å². The molecule has 0 aliphatic carbocycles. The van der Waals surface area contributed by atoms with E-state index in [1.165, 1.54) is 4.90 Å². The van der Waals surface area contributed by atoms with Crippen molar-refractivity contribution >= 4 is 23.3 Å². The second kappa shape index (κ2) is 6.48. The monoisotopic (exact) mass is 250 g/mol. The highest BCUT2D eigenvalue weighted by Gasteiger charge is 2.05. The lowest BCUT2D eigenvalue weighted by Crippen LogP contribution is -2.33. The third-order valence-corrected chi connectivity index (χ3v) is 2.29. The quantitative estimate of drug-likeness (QED) is 0.693. The molecule has 0 unspecified atom stereocenters. The number of anilines is 2. The van der Waals surface area contributed by atoms with Crippen LogP contribution in [-0.2, 0) is 4.79 Å². The molecule has 0 bridgehead atoms. The van der Waals surface area contributed by atoms with Gasteiger partial charge in [-0.1, -0.05) is 0 Å². The second-order valence-electron chi connectivity index (χ2n) is 4.04. The van der Waals surface area contributed by atoms with E-state index in [1.54, 1.807) is 38.4 Å². The molecule has 0 atom stereocenters. The minimum absolute atomic E-state index is 0.0252. The summed E-state index contributed by atoms with van der Waals surface area (Å²) in [5, 5.41) is 5.24. The van der Waals surface area contributed by atoms with E-state index >= 15 is 0 Å². The molecule has 0 fully saturated rings. The van der Waals surface area contributed by atoms with E-state index < -0.39 is 0 Å². The summed E-state index contributed by atoms with van der Waals surface area (Å²) in [6.45, 7) is 0.303. The third kappa shape index (κ3) is 4.73. The van der Waals surface area contributed by atoms with E-state index in [4.69, 9.17) is 5.73 Å². The number of benzene rings is 1. The minimum atomic E-state index is -0.341. The van der Waals surface area contributed by atoms with E-state index in [0.717, 1.165) is 0 Å². The van der Waals surface area contributed by atoms with E-state index in [0.29, 0.717) is 17.9 Å². The van der Waals surface area contributed by atoms with Crippen LogP contribution >= 0.6 is 0 Å². The smallest absolute Gasteiger partial charge is 0.319 e. The average Bonchev–Trinajstić information content (AvgIpc) is 2.32. The Morgan fingerprint density at radius 3 is 2.39 bits per heavy atom. The summed E-state index contributed by atoms with van der Waals surface area (Å²) in [7, 11) is 3.35. The first-order valence-electron chi connectivity index (χ1n) is 5.59. The Labute approximate surface area is 106 Å². The Morgan fingerprint density at radius 1 is 1.22 bits per heavy atom. The fraction of sp³-hybridized carbons (Fsp3) is 0.333. The molecule has 4 N–H and O–H groups in total. The number of hydrogen-bond acceptors (Lipinski definition) is 3. The van der Waals surface area contributed by atoms with Crippen molar-refractivity contribution in [2.45, 2.75) is 6.42 Å². The molecule has 18 heavy (non-hydrogen) atoms. The van der Waals surface area contributed by atoms with Crippen LogP contribution in [0.2, 0.25) is 0 Å². The predicted molar refractivity (Wildman–Crippen MR) is 71.2 cm³/mol. The number of nitrogens with one attached hydrogen (secondary N) is 2. The van der Waals surface area contributed by atoms with Crippen molar-refractivity contribution in [3.63, 3.8) is 0 Å². The predicted octanol–water partition coefficient (Wildman–Crippen LogP) is 0.869. The highest BCUT2D eigenvalue weighted by Crippen LogP contribution is 2.09. The highest BCUT2D eigenvalue weighted by molar-refractivity contribution is 5.89. The van der Waals surface area contributed by atoms with Crippen LogP contribution in [0.4, 0.5) is 16.2 Å². The normalized spacial score (nSPS) is 9.67. The van der Waals surface area contributed by atoms with Crippen LogP contribution in [0.3, 0.4) is 0 Å². The van der Waals surface area contributed by atoms with Gasteiger partial charge < -0.3 is 21.3 Å². The van der Waals surface area contributed by atoms with Crippen molar-refractivity contribution in [3.8, 4) is 0 Å². The molecule has 98 valence electrons. The molecule has 0 aromatic heterocycles. The van der Waals surface area contributed by atoms with Gasteiger partial charge in [0.05, 0.1) is 0 Å². The van der Waals surface area contributed by atoms with E-state index in [1.807, 2.05) is 0 Å². The lowest BCUT2D eigenvalue weighted by molar-refractivity contribution is -0.128. The molecule has 0 saturated heterocycles. The van der Waals surface area contributed by atoms with Gasteiger partial charge >= 0.3 is 6.03 Å². The Kier molecular flexibility index (Phi) is 4.98. The molecule has 1 aromatic carbocycles. The van der Waals surface area contributed by atoms with Crippen molar-refractivity contribution in [2.24, 2.45) is 0 Å². The summed E-state index contributed by atoms with van der Waals surface area (Å²) in [5.74, 6) is -0.0252. The molecule has 0 aliphatic rings. The average molecular weight is 250 g/mol. The number of nitrogen functional groups attached to an aromatic ring is 1. The van der Waals surface area contributed by atoms with Crippen LogP contribution in [0.15, 0.2) is 24.3 Å². The fourth-order valence-electron chi connectivity index (χ4n) is 1.25. The highest BCUT2D eigenvalue weighted by atomic mass is 16.2. The summed E-state index contributed by atoms with van der Waals surface area (Å²) in [6, 6.07) is 6.47. The van der Waals surface area contributed by atoms with Crippen LogP contribution in [0, 0.1) is 0 Å². The number of nitrogens with two attached hydrogens (primary N) is 1. The van der Waals surface area contributed by atoms with Gasteiger partial charge in [0.25, 0.3) is 0 Å². The number of carbonyl (C=O) groups excluding carboxylic acids is 2. The van der Waals surface area contributed by atoms with E-state index in [-0.39, 0.29) is 18.4 Å². The van der Waals surface area contributed by atoms with Gasteiger partial charge in [0.15, 0.2) is 0 Å². The summed E-state index contributed by atoms with van der Waals surface area (Å²) < 4.78 is 0. The van der Waals surface area contributed by atoms with Crippen molar-refractivity contribution < 1.29 is 9.59 Å². The maximum Gasteiger partial charge on any atom is 0.319 e. The van der Waals surface area contributed by atoms with Crippen molar-refractivity contribution in [2.75, 3.05) is 31.7 Å². The third-order valence-electron chi connectivity index (χ3n) is 2.29. The number of carbonyl (C=O) groups is 2. The summed E-state index contributed by atoms with van der Waals surface area (Å²) in [4.78, 5) is 24.2. The molecular weight excluding hydrogens is 232 g/mol. The molecule has 0 aliphatic heterocycles. The molecule has 0 radical (unpaired) electrons. The number of amides is 3.